The van der Waals surface area contributed by atoms with E-state index in [9.17, 15) is 4.79 Å². The van der Waals surface area contributed by atoms with Crippen molar-refractivity contribution in [3.63, 3.8) is 0 Å². The van der Waals surface area contributed by atoms with Gasteiger partial charge in [0.2, 0.25) is 0 Å². The lowest BCUT2D eigenvalue weighted by molar-refractivity contribution is -0.127. The van der Waals surface area contributed by atoms with Crippen molar-refractivity contribution in [2.75, 3.05) is 6.61 Å². The molecular weight excluding hydrogens is 128 g/mol. The molecule has 0 heterocycles. The summed E-state index contributed by atoms with van der Waals surface area (Å²) in [6, 6.07) is 0. The van der Waals surface area contributed by atoms with Crippen molar-refractivity contribution in [3.05, 3.63) is 12.2 Å². The minimum Gasteiger partial charge on any atom is -0.367 e. The van der Waals surface area contributed by atoms with Gasteiger partial charge >= 0.3 is 0 Å². The number of rotatable bonds is 2. The molecule has 10 heavy (non-hydrogen) atoms. The Kier molecular flexibility index (Phi) is 2.63. The van der Waals surface area contributed by atoms with Gasteiger partial charge in [-0.2, -0.15) is 0 Å². The number of ether oxygens (including phenoxy) is 1. The van der Waals surface area contributed by atoms with Crippen LogP contribution < -0.4 is 0 Å². The van der Waals surface area contributed by atoms with E-state index in [1.807, 2.05) is 19.1 Å². The largest absolute Gasteiger partial charge is 0.367 e. The van der Waals surface area contributed by atoms with E-state index in [0.717, 1.165) is 6.42 Å². The molecule has 1 rings (SSSR count). The SMILES string of the molecule is CCOC1C=CCCC1=O. The zero-order valence-electron chi connectivity index (χ0n) is 6.17. The number of allylic oxidation sites excluding steroid dienone is 1. The number of Topliss-reactive ketones (excluding diaryl/α,β-unsaturated/α-hetero) is 1. The molecule has 2 nitrogen and oxygen atoms in total. The van der Waals surface area contributed by atoms with E-state index in [1.165, 1.54) is 0 Å². The Morgan fingerprint density at radius 3 is 3.20 bits per heavy atom. The van der Waals surface area contributed by atoms with Crippen LogP contribution in [0, 0.1) is 0 Å². The summed E-state index contributed by atoms with van der Waals surface area (Å²) in [5, 5.41) is 0. The molecule has 2 heteroatoms. The van der Waals surface area contributed by atoms with Gasteiger partial charge < -0.3 is 4.74 Å². The van der Waals surface area contributed by atoms with E-state index in [1.54, 1.807) is 0 Å². The first-order chi connectivity index (χ1) is 4.84. The monoisotopic (exact) mass is 140 g/mol. The van der Waals surface area contributed by atoms with Gasteiger partial charge in [0.15, 0.2) is 5.78 Å². The molecule has 56 valence electrons. The average Bonchev–Trinajstić information content (AvgIpc) is 1.94. The molecule has 1 aliphatic carbocycles. The fourth-order valence-corrected chi connectivity index (χ4v) is 1.02. The Labute approximate surface area is 60.9 Å². The van der Waals surface area contributed by atoms with Gasteiger partial charge in [0, 0.05) is 13.0 Å². The Bertz CT molecular complexity index is 149. The van der Waals surface area contributed by atoms with Gasteiger partial charge in [-0.25, -0.2) is 0 Å². The predicted molar refractivity (Wildman–Crippen MR) is 38.8 cm³/mol. The third-order valence-corrected chi connectivity index (χ3v) is 1.53. The van der Waals surface area contributed by atoms with Crippen LogP contribution in [-0.2, 0) is 9.53 Å². The lowest BCUT2D eigenvalue weighted by Gasteiger charge is -2.14. The average molecular weight is 140 g/mol. The first-order valence-corrected chi connectivity index (χ1v) is 3.65. The molecule has 0 bridgehead atoms. The quantitative estimate of drug-likeness (QED) is 0.540. The number of hydrogen-bond acceptors (Lipinski definition) is 2. The third kappa shape index (κ3) is 1.67. The zero-order chi connectivity index (χ0) is 7.40. The maximum atomic E-state index is 11.0. The van der Waals surface area contributed by atoms with Crippen LogP contribution in [0.5, 0.6) is 0 Å². The zero-order valence-corrected chi connectivity index (χ0v) is 6.17. The number of carbonyl (C=O) groups excluding carboxylic acids is 1. The highest BCUT2D eigenvalue weighted by Crippen LogP contribution is 2.09. The Morgan fingerprint density at radius 2 is 2.60 bits per heavy atom. The molecule has 0 saturated heterocycles. The fourth-order valence-electron chi connectivity index (χ4n) is 1.02. The van der Waals surface area contributed by atoms with Crippen LogP contribution in [0.2, 0.25) is 0 Å². The van der Waals surface area contributed by atoms with Gasteiger partial charge in [-0.3, -0.25) is 4.79 Å². The summed E-state index contributed by atoms with van der Waals surface area (Å²) in [4.78, 5) is 11.0. The Balaban J connectivity index is 2.47. The molecule has 0 saturated carbocycles. The second-order valence-electron chi connectivity index (χ2n) is 2.31. The van der Waals surface area contributed by atoms with Crippen molar-refractivity contribution in [3.8, 4) is 0 Å². The number of hydrogen-bond donors (Lipinski definition) is 0. The molecule has 1 atom stereocenters. The molecule has 0 aromatic rings. The molecule has 1 unspecified atom stereocenters. The minimum atomic E-state index is -0.251. The van der Waals surface area contributed by atoms with E-state index in [0.29, 0.717) is 13.0 Å². The van der Waals surface area contributed by atoms with Crippen LogP contribution >= 0.6 is 0 Å². The van der Waals surface area contributed by atoms with Crippen molar-refractivity contribution in [2.24, 2.45) is 0 Å². The van der Waals surface area contributed by atoms with Gasteiger partial charge in [0.1, 0.15) is 6.10 Å². The Morgan fingerprint density at radius 1 is 1.80 bits per heavy atom. The summed E-state index contributed by atoms with van der Waals surface area (Å²) in [6.07, 6.45) is 5.11. The molecule has 1 aliphatic rings. The summed E-state index contributed by atoms with van der Waals surface area (Å²) < 4.78 is 5.16. The van der Waals surface area contributed by atoms with E-state index in [-0.39, 0.29) is 11.9 Å². The van der Waals surface area contributed by atoms with Gasteiger partial charge in [0.05, 0.1) is 0 Å². The molecule has 0 spiro atoms. The summed E-state index contributed by atoms with van der Waals surface area (Å²) in [5.41, 5.74) is 0. The number of carbonyl (C=O) groups is 1. The highest BCUT2D eigenvalue weighted by molar-refractivity contribution is 5.85. The third-order valence-electron chi connectivity index (χ3n) is 1.53. The maximum absolute atomic E-state index is 11.0. The molecular formula is C8H12O2. The van der Waals surface area contributed by atoms with E-state index in [4.69, 9.17) is 4.74 Å². The normalized spacial score (nSPS) is 25.3. The van der Waals surface area contributed by atoms with E-state index in [2.05, 4.69) is 0 Å². The molecule has 0 amide bonds. The molecule has 0 radical (unpaired) electrons. The molecule has 0 N–H and O–H groups in total. The summed E-state index contributed by atoms with van der Waals surface area (Å²) in [7, 11) is 0. The Hall–Kier alpha value is -0.630. The molecule has 0 fully saturated rings. The first-order valence-electron chi connectivity index (χ1n) is 3.65. The van der Waals surface area contributed by atoms with Crippen LogP contribution in [0.1, 0.15) is 19.8 Å². The van der Waals surface area contributed by atoms with Crippen LogP contribution in [-0.4, -0.2) is 18.5 Å². The van der Waals surface area contributed by atoms with Crippen molar-refractivity contribution in [2.45, 2.75) is 25.9 Å². The van der Waals surface area contributed by atoms with Crippen molar-refractivity contribution >= 4 is 5.78 Å². The van der Waals surface area contributed by atoms with Crippen LogP contribution in [0.3, 0.4) is 0 Å². The van der Waals surface area contributed by atoms with Gasteiger partial charge in [-0.05, 0) is 13.3 Å². The molecule has 0 aliphatic heterocycles. The van der Waals surface area contributed by atoms with Crippen molar-refractivity contribution in [1.29, 1.82) is 0 Å². The van der Waals surface area contributed by atoms with Crippen molar-refractivity contribution in [1.82, 2.24) is 0 Å². The smallest absolute Gasteiger partial charge is 0.165 e. The molecule has 0 aromatic heterocycles. The maximum Gasteiger partial charge on any atom is 0.165 e. The van der Waals surface area contributed by atoms with Crippen LogP contribution in [0.4, 0.5) is 0 Å². The minimum absolute atomic E-state index is 0.212. The van der Waals surface area contributed by atoms with Crippen LogP contribution in [0.15, 0.2) is 12.2 Å². The van der Waals surface area contributed by atoms with Crippen LogP contribution in [0.25, 0.3) is 0 Å². The lowest BCUT2D eigenvalue weighted by Crippen LogP contribution is -2.23. The van der Waals surface area contributed by atoms with Gasteiger partial charge in [-0.1, -0.05) is 12.2 Å². The predicted octanol–water partition coefficient (Wildman–Crippen LogP) is 1.31. The first kappa shape index (κ1) is 7.48. The van der Waals surface area contributed by atoms with Crippen molar-refractivity contribution < 1.29 is 9.53 Å². The van der Waals surface area contributed by atoms with E-state index < -0.39 is 0 Å². The summed E-state index contributed by atoms with van der Waals surface area (Å²) >= 11 is 0. The fraction of sp³-hybridized carbons (Fsp3) is 0.625. The highest BCUT2D eigenvalue weighted by Gasteiger charge is 2.16. The van der Waals surface area contributed by atoms with Gasteiger partial charge in [-0.15, -0.1) is 0 Å². The lowest BCUT2D eigenvalue weighted by atomic mass is 10.0. The number of ketones is 1. The second-order valence-corrected chi connectivity index (χ2v) is 2.31. The molecule has 0 aromatic carbocycles. The van der Waals surface area contributed by atoms with Gasteiger partial charge in [0.25, 0.3) is 0 Å². The second kappa shape index (κ2) is 3.52. The summed E-state index contributed by atoms with van der Waals surface area (Å²) in [6.45, 7) is 2.51. The summed E-state index contributed by atoms with van der Waals surface area (Å²) in [5.74, 6) is 0.212. The van der Waals surface area contributed by atoms with E-state index >= 15 is 0 Å². The topological polar surface area (TPSA) is 26.3 Å². The standard InChI is InChI=1S/C8H12O2/c1-2-10-8-6-4-3-5-7(8)9/h4,6,8H,2-3,5H2,1H3. The highest BCUT2D eigenvalue weighted by atomic mass is 16.5.